The Morgan fingerprint density at radius 3 is 2.55 bits per heavy atom. The maximum Gasteiger partial charge on any atom is 0.191 e. The Labute approximate surface area is 187 Å². The number of ether oxygens (including phenoxy) is 1. The third-order valence-electron chi connectivity index (χ3n) is 6.50. The molecule has 7 nitrogen and oxygen atoms in total. The number of hydrogen-bond donors (Lipinski definition) is 3. The van der Waals surface area contributed by atoms with E-state index >= 15 is 0 Å². The molecule has 7 heteroatoms. The highest BCUT2D eigenvalue weighted by atomic mass is 16.5. The molecule has 174 valence electrons. The second kappa shape index (κ2) is 11.7. The molecule has 0 spiro atoms. The van der Waals surface area contributed by atoms with Gasteiger partial charge in [-0.2, -0.15) is 0 Å². The topological polar surface area (TPSA) is 82.0 Å². The Bertz CT molecular complexity index is 672. The quantitative estimate of drug-likeness (QED) is 0.433. The fraction of sp³-hybridized carbons (Fsp3) is 0.750. The molecule has 2 fully saturated rings. The fourth-order valence-electron chi connectivity index (χ4n) is 4.90. The third-order valence-corrected chi connectivity index (χ3v) is 6.50. The van der Waals surface area contributed by atoms with Gasteiger partial charge in [0.2, 0.25) is 0 Å². The molecule has 2 atom stereocenters. The first-order chi connectivity index (χ1) is 15.0. The number of nitrogens with zero attached hydrogens (tertiary/aromatic N) is 3. The van der Waals surface area contributed by atoms with Crippen molar-refractivity contribution >= 4 is 11.8 Å². The lowest BCUT2D eigenvalue weighted by molar-refractivity contribution is -0.00546. The Balaban J connectivity index is 1.58. The number of morpholine rings is 1. The van der Waals surface area contributed by atoms with Crippen molar-refractivity contribution in [3.8, 4) is 0 Å². The molecule has 2 heterocycles. The first-order valence-electron chi connectivity index (χ1n) is 12.0. The Morgan fingerprint density at radius 1 is 1.19 bits per heavy atom. The molecular formula is C24H41N5O2. The predicted octanol–water partition coefficient (Wildman–Crippen LogP) is 3.08. The van der Waals surface area contributed by atoms with Crippen LogP contribution in [0.4, 0.5) is 5.82 Å². The average Bonchev–Trinajstić information content (AvgIpc) is 2.76. The summed E-state index contributed by atoms with van der Waals surface area (Å²) in [5.74, 6) is 1.84. The molecule has 1 aromatic heterocycles. The van der Waals surface area contributed by atoms with Crippen molar-refractivity contribution in [3.63, 3.8) is 0 Å². The zero-order chi connectivity index (χ0) is 22.1. The van der Waals surface area contributed by atoms with Crippen LogP contribution in [0.3, 0.4) is 0 Å². The minimum Gasteiger partial charge on any atom is -0.396 e. The van der Waals surface area contributed by atoms with Crippen LogP contribution in [0.2, 0.25) is 0 Å². The number of aliphatic hydroxyl groups excluding tert-OH is 1. The van der Waals surface area contributed by atoms with Crippen molar-refractivity contribution in [2.24, 2.45) is 10.4 Å². The van der Waals surface area contributed by atoms with Gasteiger partial charge in [0.25, 0.3) is 0 Å². The zero-order valence-electron chi connectivity index (χ0n) is 19.6. The number of nitrogens with one attached hydrogen (secondary N) is 2. The minimum absolute atomic E-state index is 0.193. The molecule has 1 saturated carbocycles. The number of rotatable bonds is 8. The predicted molar refractivity (Wildman–Crippen MR) is 126 cm³/mol. The van der Waals surface area contributed by atoms with Crippen LogP contribution in [0.15, 0.2) is 23.3 Å². The second-order valence-corrected chi connectivity index (χ2v) is 9.27. The van der Waals surface area contributed by atoms with Gasteiger partial charge in [0, 0.05) is 39.0 Å². The SMILES string of the molecule is CCNC(=NCc1ccc(N2CC(C)OC(C)C2)nc1)NCC1(CCO)CCCCC1. The fourth-order valence-corrected chi connectivity index (χ4v) is 4.90. The van der Waals surface area contributed by atoms with E-state index in [1.807, 2.05) is 6.20 Å². The Morgan fingerprint density at radius 2 is 1.94 bits per heavy atom. The summed E-state index contributed by atoms with van der Waals surface area (Å²) in [6.07, 6.45) is 9.44. The van der Waals surface area contributed by atoms with Crippen molar-refractivity contribution in [1.82, 2.24) is 15.6 Å². The molecular weight excluding hydrogens is 390 g/mol. The van der Waals surface area contributed by atoms with E-state index in [0.717, 1.165) is 49.9 Å². The summed E-state index contributed by atoms with van der Waals surface area (Å²) in [6, 6.07) is 4.21. The highest BCUT2D eigenvalue weighted by molar-refractivity contribution is 5.79. The number of aromatic nitrogens is 1. The van der Waals surface area contributed by atoms with Crippen molar-refractivity contribution in [2.45, 2.75) is 78.0 Å². The molecule has 2 unspecified atom stereocenters. The summed E-state index contributed by atoms with van der Waals surface area (Å²) in [4.78, 5) is 11.8. The number of pyridine rings is 1. The minimum atomic E-state index is 0.193. The van der Waals surface area contributed by atoms with Crippen LogP contribution < -0.4 is 15.5 Å². The first-order valence-corrected chi connectivity index (χ1v) is 12.0. The van der Waals surface area contributed by atoms with Gasteiger partial charge in [-0.1, -0.05) is 25.3 Å². The normalized spacial score (nSPS) is 24.1. The van der Waals surface area contributed by atoms with Gasteiger partial charge >= 0.3 is 0 Å². The van der Waals surface area contributed by atoms with Crippen molar-refractivity contribution < 1.29 is 9.84 Å². The monoisotopic (exact) mass is 431 g/mol. The van der Waals surface area contributed by atoms with E-state index in [9.17, 15) is 5.11 Å². The van der Waals surface area contributed by atoms with Crippen LogP contribution in [-0.2, 0) is 11.3 Å². The average molecular weight is 432 g/mol. The van der Waals surface area contributed by atoms with Crippen LogP contribution >= 0.6 is 0 Å². The number of guanidine groups is 1. The Hall–Kier alpha value is -1.86. The molecule has 1 saturated heterocycles. The lowest BCUT2D eigenvalue weighted by atomic mass is 9.72. The van der Waals surface area contributed by atoms with E-state index in [-0.39, 0.29) is 24.2 Å². The van der Waals surface area contributed by atoms with Crippen LogP contribution in [0.5, 0.6) is 0 Å². The number of aliphatic hydroxyl groups is 1. The lowest BCUT2D eigenvalue weighted by Crippen LogP contribution is -2.45. The van der Waals surface area contributed by atoms with E-state index in [2.05, 4.69) is 53.4 Å². The van der Waals surface area contributed by atoms with Gasteiger partial charge in [-0.3, -0.25) is 0 Å². The van der Waals surface area contributed by atoms with E-state index in [0.29, 0.717) is 6.54 Å². The molecule has 1 aliphatic heterocycles. The van der Waals surface area contributed by atoms with Crippen molar-refractivity contribution in [1.29, 1.82) is 0 Å². The van der Waals surface area contributed by atoms with E-state index in [1.165, 1.54) is 32.1 Å². The molecule has 0 amide bonds. The van der Waals surface area contributed by atoms with Gasteiger partial charge < -0.3 is 25.4 Å². The van der Waals surface area contributed by atoms with E-state index in [1.54, 1.807) is 0 Å². The second-order valence-electron chi connectivity index (χ2n) is 9.27. The smallest absolute Gasteiger partial charge is 0.191 e. The molecule has 3 rings (SSSR count). The summed E-state index contributed by atoms with van der Waals surface area (Å²) >= 11 is 0. The summed E-state index contributed by atoms with van der Waals surface area (Å²) in [5, 5.41) is 16.5. The molecule has 1 aromatic rings. The van der Waals surface area contributed by atoms with Gasteiger partial charge in [-0.15, -0.1) is 0 Å². The van der Waals surface area contributed by atoms with E-state index in [4.69, 9.17) is 9.73 Å². The lowest BCUT2D eigenvalue weighted by Gasteiger charge is -2.37. The summed E-state index contributed by atoms with van der Waals surface area (Å²) in [5.41, 5.74) is 1.29. The molecule has 3 N–H and O–H groups in total. The van der Waals surface area contributed by atoms with Crippen molar-refractivity contribution in [2.75, 3.05) is 37.7 Å². The van der Waals surface area contributed by atoms with E-state index < -0.39 is 0 Å². The van der Waals surface area contributed by atoms with Crippen LogP contribution in [0, 0.1) is 5.41 Å². The van der Waals surface area contributed by atoms with Gasteiger partial charge in [0.15, 0.2) is 5.96 Å². The van der Waals surface area contributed by atoms with Crippen molar-refractivity contribution in [3.05, 3.63) is 23.9 Å². The highest BCUT2D eigenvalue weighted by Gasteiger charge is 2.31. The number of aliphatic imine (C=N–C) groups is 1. The number of anilines is 1. The maximum atomic E-state index is 9.56. The number of hydrogen-bond acceptors (Lipinski definition) is 5. The Kier molecular flexibility index (Phi) is 8.96. The third kappa shape index (κ3) is 7.07. The van der Waals surface area contributed by atoms with Crippen LogP contribution in [-0.4, -0.2) is 61.0 Å². The standard InChI is InChI=1S/C24H41N5O2/c1-4-25-23(28-18-24(12-13-30)10-6-5-7-11-24)27-15-21-8-9-22(26-14-21)29-16-19(2)31-20(3)17-29/h8-9,14,19-20,30H,4-7,10-13,15-18H2,1-3H3,(H2,25,27,28). The van der Waals surface area contributed by atoms with Gasteiger partial charge in [0.1, 0.15) is 5.82 Å². The van der Waals surface area contributed by atoms with Gasteiger partial charge in [-0.25, -0.2) is 9.98 Å². The molecule has 0 radical (unpaired) electrons. The molecule has 0 bridgehead atoms. The molecule has 0 aromatic carbocycles. The zero-order valence-corrected chi connectivity index (χ0v) is 19.6. The summed E-state index contributed by atoms with van der Waals surface area (Å²) in [6.45, 7) is 10.6. The van der Waals surface area contributed by atoms with Gasteiger partial charge in [-0.05, 0) is 57.1 Å². The highest BCUT2D eigenvalue weighted by Crippen LogP contribution is 2.38. The van der Waals surface area contributed by atoms with Crippen LogP contribution in [0.25, 0.3) is 0 Å². The molecule has 31 heavy (non-hydrogen) atoms. The maximum absolute atomic E-state index is 9.56. The molecule has 2 aliphatic rings. The summed E-state index contributed by atoms with van der Waals surface area (Å²) in [7, 11) is 0. The molecule has 1 aliphatic carbocycles. The largest absolute Gasteiger partial charge is 0.396 e. The van der Waals surface area contributed by atoms with Gasteiger partial charge in [0.05, 0.1) is 18.8 Å². The summed E-state index contributed by atoms with van der Waals surface area (Å²) < 4.78 is 5.82. The van der Waals surface area contributed by atoms with Crippen LogP contribution in [0.1, 0.15) is 64.9 Å². The first kappa shape index (κ1) is 23.8.